The molecule has 200 valence electrons. The summed E-state index contributed by atoms with van der Waals surface area (Å²) in [7, 11) is 0. The van der Waals surface area contributed by atoms with Gasteiger partial charge in [-0.3, -0.25) is 9.89 Å². The first-order valence-electron chi connectivity index (χ1n) is 12.9. The molecule has 10 nitrogen and oxygen atoms in total. The fraction of sp³-hybridized carbons (Fsp3) is 0.407. The molecule has 2 atom stereocenters. The van der Waals surface area contributed by atoms with Crippen LogP contribution in [0.3, 0.4) is 0 Å². The molecule has 6 bridgehead atoms. The predicted octanol–water partition coefficient (Wildman–Crippen LogP) is 5.15. The van der Waals surface area contributed by atoms with Crippen molar-refractivity contribution in [2.75, 3.05) is 18.4 Å². The van der Waals surface area contributed by atoms with E-state index in [1.165, 1.54) is 0 Å². The van der Waals surface area contributed by atoms with Crippen LogP contribution in [0.5, 0.6) is 5.75 Å². The number of aromatic nitrogens is 3. The zero-order valence-electron chi connectivity index (χ0n) is 21.3. The van der Waals surface area contributed by atoms with E-state index in [0.29, 0.717) is 41.9 Å². The van der Waals surface area contributed by atoms with Crippen LogP contribution in [0.4, 0.5) is 16.4 Å². The fourth-order valence-corrected chi connectivity index (χ4v) is 4.97. The van der Waals surface area contributed by atoms with Gasteiger partial charge in [-0.1, -0.05) is 17.7 Å². The number of benzene rings is 1. The van der Waals surface area contributed by atoms with Crippen LogP contribution >= 0.6 is 11.6 Å². The molecule has 2 aliphatic rings. The van der Waals surface area contributed by atoms with E-state index < -0.39 is 6.09 Å². The third kappa shape index (κ3) is 6.19. The number of fused-ring (bicyclic) bond motifs is 7. The summed E-state index contributed by atoms with van der Waals surface area (Å²) in [5.74, 6) is 1.54. The minimum atomic E-state index is -0.433. The summed E-state index contributed by atoms with van der Waals surface area (Å²) in [4.78, 5) is 29.7. The standard InChI is InChI=1S/C27H31ClN6O4/c1-15(2)37-23-7-5-16(11-20(23)28)18-12-22-26(35)29-8-3-9-30-27(36)38-19-6-4-17(10-19)21-14-25(34-33-21)32-24(13-18)31-22/h5,7,11-15,17,19H,3-4,6,8-10H2,1-2H3,(H,29,35)(H,30,36)(H2,31,32,33,34)/t17-,19+/m0/s1. The molecule has 0 radical (unpaired) electrons. The van der Waals surface area contributed by atoms with Gasteiger partial charge in [0.15, 0.2) is 5.82 Å². The first-order valence-corrected chi connectivity index (χ1v) is 13.3. The van der Waals surface area contributed by atoms with Gasteiger partial charge in [0, 0.05) is 30.8 Å². The number of carbonyl (C=O) groups is 2. The Morgan fingerprint density at radius 1 is 1.03 bits per heavy atom. The molecule has 38 heavy (non-hydrogen) atoms. The van der Waals surface area contributed by atoms with Gasteiger partial charge in [0.05, 0.1) is 11.1 Å². The van der Waals surface area contributed by atoms with E-state index >= 15 is 0 Å². The topological polar surface area (TPSA) is 130 Å². The molecule has 0 saturated heterocycles. The number of H-pyrrole nitrogens is 1. The Morgan fingerprint density at radius 3 is 2.68 bits per heavy atom. The number of anilines is 2. The van der Waals surface area contributed by atoms with Gasteiger partial charge in [0.25, 0.3) is 5.91 Å². The molecule has 2 amide bonds. The highest BCUT2D eigenvalue weighted by molar-refractivity contribution is 6.32. The maximum atomic E-state index is 13.0. The molecular formula is C27H31ClN6O4. The number of nitrogens with one attached hydrogen (secondary N) is 4. The van der Waals surface area contributed by atoms with E-state index in [9.17, 15) is 9.59 Å². The third-order valence-electron chi connectivity index (χ3n) is 6.55. The average molecular weight is 539 g/mol. The minimum absolute atomic E-state index is 0.00547. The molecule has 3 aromatic rings. The summed E-state index contributed by atoms with van der Waals surface area (Å²) < 4.78 is 11.3. The van der Waals surface area contributed by atoms with Gasteiger partial charge in [-0.25, -0.2) is 9.78 Å². The first-order chi connectivity index (χ1) is 18.3. The quantitative estimate of drug-likeness (QED) is 0.362. The number of nitrogens with zero attached hydrogens (tertiary/aromatic N) is 2. The molecule has 0 spiro atoms. The van der Waals surface area contributed by atoms with Crippen molar-refractivity contribution in [3.05, 3.63) is 52.8 Å². The summed E-state index contributed by atoms with van der Waals surface area (Å²) in [6, 6.07) is 11.0. The molecule has 1 fully saturated rings. The van der Waals surface area contributed by atoms with Gasteiger partial charge in [-0.2, -0.15) is 5.10 Å². The van der Waals surface area contributed by atoms with Gasteiger partial charge >= 0.3 is 6.09 Å². The monoisotopic (exact) mass is 538 g/mol. The average Bonchev–Trinajstić information content (AvgIpc) is 3.53. The Morgan fingerprint density at radius 2 is 1.87 bits per heavy atom. The molecule has 5 rings (SSSR count). The number of amides is 2. The summed E-state index contributed by atoms with van der Waals surface area (Å²) in [6.45, 7) is 4.64. The Labute approximate surface area is 225 Å². The Bertz CT molecular complexity index is 1330. The molecule has 1 saturated carbocycles. The third-order valence-corrected chi connectivity index (χ3v) is 6.84. The van der Waals surface area contributed by atoms with Crippen molar-refractivity contribution in [2.24, 2.45) is 0 Å². The van der Waals surface area contributed by atoms with Crippen molar-refractivity contribution in [2.45, 2.75) is 57.7 Å². The Kier molecular flexibility index (Phi) is 7.69. The lowest BCUT2D eigenvalue weighted by atomic mass is 10.0. The van der Waals surface area contributed by atoms with Crippen LogP contribution in [-0.2, 0) is 4.74 Å². The van der Waals surface area contributed by atoms with Crippen LogP contribution in [0.25, 0.3) is 11.1 Å². The van der Waals surface area contributed by atoms with Crippen molar-refractivity contribution in [1.82, 2.24) is 25.8 Å². The number of rotatable bonds is 3. The number of hydrogen-bond acceptors (Lipinski definition) is 7. The molecule has 3 heterocycles. The second-order valence-electron chi connectivity index (χ2n) is 9.85. The maximum Gasteiger partial charge on any atom is 0.407 e. The summed E-state index contributed by atoms with van der Waals surface area (Å²) in [5.41, 5.74) is 2.78. The van der Waals surface area contributed by atoms with Crippen LogP contribution in [0.2, 0.25) is 5.02 Å². The largest absolute Gasteiger partial charge is 0.489 e. The highest BCUT2D eigenvalue weighted by Crippen LogP contribution is 2.36. The van der Waals surface area contributed by atoms with E-state index in [-0.39, 0.29) is 29.7 Å². The van der Waals surface area contributed by atoms with Crippen molar-refractivity contribution >= 4 is 35.2 Å². The minimum Gasteiger partial charge on any atom is -0.489 e. The lowest BCUT2D eigenvalue weighted by molar-refractivity contribution is 0.0948. The van der Waals surface area contributed by atoms with E-state index in [1.54, 1.807) is 6.07 Å². The molecule has 2 aromatic heterocycles. The second kappa shape index (κ2) is 11.3. The van der Waals surface area contributed by atoms with E-state index in [2.05, 4.69) is 31.1 Å². The number of carbonyl (C=O) groups excluding carboxylic acids is 2. The first kappa shape index (κ1) is 25.8. The smallest absolute Gasteiger partial charge is 0.407 e. The van der Waals surface area contributed by atoms with Gasteiger partial charge in [-0.15, -0.1) is 0 Å². The Hall–Kier alpha value is -3.79. The number of hydrogen-bond donors (Lipinski definition) is 4. The SMILES string of the molecule is CC(C)Oc1ccc(-c2cc3nc(c2)C(=O)NCCCNC(=O)O[C@@H]2CC[C@@H](C2)c2cc(n[nH]2)N3)cc1Cl. The highest BCUT2D eigenvalue weighted by Gasteiger charge is 2.30. The highest BCUT2D eigenvalue weighted by atomic mass is 35.5. The lowest BCUT2D eigenvalue weighted by Gasteiger charge is -2.14. The van der Waals surface area contributed by atoms with Crippen molar-refractivity contribution < 1.29 is 19.1 Å². The molecule has 1 aromatic carbocycles. The van der Waals surface area contributed by atoms with E-state index in [1.807, 2.05) is 44.2 Å². The summed E-state index contributed by atoms with van der Waals surface area (Å²) in [6.07, 6.45) is 2.41. The van der Waals surface area contributed by atoms with E-state index in [0.717, 1.165) is 36.1 Å². The molecule has 11 heteroatoms. The maximum absolute atomic E-state index is 13.0. The van der Waals surface area contributed by atoms with Crippen molar-refractivity contribution in [3.63, 3.8) is 0 Å². The normalized spacial score (nSPS) is 20.0. The molecular weight excluding hydrogens is 508 g/mol. The number of alkyl carbamates (subject to hydrolysis) is 1. The predicted molar refractivity (Wildman–Crippen MR) is 144 cm³/mol. The van der Waals surface area contributed by atoms with Gasteiger partial charge in [0.2, 0.25) is 0 Å². The second-order valence-corrected chi connectivity index (χ2v) is 10.3. The zero-order chi connectivity index (χ0) is 26.6. The molecule has 4 N–H and O–H groups in total. The van der Waals surface area contributed by atoms with E-state index in [4.69, 9.17) is 21.1 Å². The fourth-order valence-electron chi connectivity index (χ4n) is 4.74. The molecule has 0 unspecified atom stereocenters. The van der Waals surface area contributed by atoms with Crippen molar-refractivity contribution in [1.29, 1.82) is 0 Å². The zero-order valence-corrected chi connectivity index (χ0v) is 22.1. The molecule has 1 aliphatic heterocycles. The van der Waals surface area contributed by atoms with Gasteiger partial charge < -0.3 is 25.4 Å². The van der Waals surface area contributed by atoms with Crippen LogP contribution < -0.4 is 20.7 Å². The van der Waals surface area contributed by atoms with Crippen LogP contribution in [0, 0.1) is 0 Å². The van der Waals surface area contributed by atoms with Crippen LogP contribution in [-0.4, -0.2) is 52.5 Å². The number of pyridine rings is 1. The number of ether oxygens (including phenoxy) is 2. The van der Waals surface area contributed by atoms with Crippen LogP contribution in [0.15, 0.2) is 36.4 Å². The lowest BCUT2D eigenvalue weighted by Crippen LogP contribution is -2.32. The van der Waals surface area contributed by atoms with Gasteiger partial charge in [0.1, 0.15) is 23.4 Å². The van der Waals surface area contributed by atoms with Crippen molar-refractivity contribution in [3.8, 4) is 16.9 Å². The number of halogens is 1. The molecule has 1 aliphatic carbocycles. The summed E-state index contributed by atoms with van der Waals surface area (Å²) in [5, 5.41) is 16.8. The summed E-state index contributed by atoms with van der Waals surface area (Å²) >= 11 is 6.50. The van der Waals surface area contributed by atoms with Gasteiger partial charge in [-0.05, 0) is 74.9 Å². The number of aromatic amines is 1. The van der Waals surface area contributed by atoms with Crippen LogP contribution in [0.1, 0.15) is 61.6 Å². The Balaban J connectivity index is 1.46.